The zero-order valence-corrected chi connectivity index (χ0v) is 21.3. The molecule has 2 aromatic carbocycles. The van der Waals surface area contributed by atoms with E-state index in [-0.39, 0.29) is 18.9 Å². The van der Waals surface area contributed by atoms with E-state index in [2.05, 4.69) is 10.4 Å². The number of ether oxygens (including phenoxy) is 2. The highest BCUT2D eigenvalue weighted by atomic mass is 35.5. The van der Waals surface area contributed by atoms with Crippen molar-refractivity contribution in [2.24, 2.45) is 0 Å². The molecule has 1 aliphatic heterocycles. The number of fused-ring (bicyclic) bond motifs is 1. The van der Waals surface area contributed by atoms with Crippen LogP contribution >= 0.6 is 23.2 Å². The lowest BCUT2D eigenvalue weighted by molar-refractivity contribution is 0.145. The van der Waals surface area contributed by atoms with Crippen LogP contribution in [-0.2, 0) is 27.9 Å². The van der Waals surface area contributed by atoms with Gasteiger partial charge in [0.15, 0.2) is 0 Å². The van der Waals surface area contributed by atoms with Crippen molar-refractivity contribution in [2.75, 3.05) is 20.3 Å². The summed E-state index contributed by atoms with van der Waals surface area (Å²) in [5.41, 5.74) is 3.27. The summed E-state index contributed by atoms with van der Waals surface area (Å²) in [6.45, 7) is 1.04. The molecule has 0 radical (unpaired) electrons. The van der Waals surface area contributed by atoms with Gasteiger partial charge in [-0.2, -0.15) is 5.10 Å². The molecule has 0 aliphatic carbocycles. The molecule has 0 spiro atoms. The first kappa shape index (κ1) is 26.0. The van der Waals surface area contributed by atoms with Crippen LogP contribution in [0.2, 0.25) is 10.0 Å². The summed E-state index contributed by atoms with van der Waals surface area (Å²) >= 11 is 12.3. The molecule has 3 aromatic rings. The monoisotopic (exact) mass is 554 g/mol. The molecular formula is C23H21Cl2FN4O5S. The van der Waals surface area contributed by atoms with Crippen molar-refractivity contribution >= 4 is 44.8 Å². The van der Waals surface area contributed by atoms with Crippen LogP contribution in [0.3, 0.4) is 0 Å². The average molecular weight is 555 g/mol. The van der Waals surface area contributed by atoms with Gasteiger partial charge in [-0.3, -0.25) is 4.68 Å². The summed E-state index contributed by atoms with van der Waals surface area (Å²) in [5.74, 6) is -0.884. The minimum Gasteiger partial charge on any atom is -0.495 e. The van der Waals surface area contributed by atoms with E-state index in [4.69, 9.17) is 32.7 Å². The number of urea groups is 1. The summed E-state index contributed by atoms with van der Waals surface area (Å²) in [5, 5.41) is 7.94. The smallest absolute Gasteiger partial charge is 0.328 e. The Morgan fingerprint density at radius 3 is 2.81 bits per heavy atom. The molecule has 0 fully saturated rings. The number of amides is 2. The van der Waals surface area contributed by atoms with Gasteiger partial charge in [0.1, 0.15) is 16.5 Å². The number of rotatable bonds is 7. The normalized spacial score (nSPS) is 14.4. The minimum absolute atomic E-state index is 0.00729. The highest BCUT2D eigenvalue weighted by Crippen LogP contribution is 2.28. The number of carbonyl (C=O) groups excluding carboxylic acids is 1. The fraction of sp³-hybridized carbons (Fsp3) is 0.217. The Bertz CT molecular complexity index is 1440. The van der Waals surface area contributed by atoms with Gasteiger partial charge in [0, 0.05) is 27.7 Å². The third-order valence-corrected chi connectivity index (χ3v) is 7.26. The first-order valence-corrected chi connectivity index (χ1v) is 12.8. The molecule has 13 heteroatoms. The van der Waals surface area contributed by atoms with Gasteiger partial charge in [0.05, 0.1) is 38.8 Å². The van der Waals surface area contributed by atoms with Crippen molar-refractivity contribution in [3.8, 4) is 5.75 Å². The van der Waals surface area contributed by atoms with Crippen LogP contribution < -0.4 is 14.8 Å². The molecule has 2 amide bonds. The van der Waals surface area contributed by atoms with Crippen LogP contribution in [0.4, 0.5) is 9.18 Å². The molecule has 9 nitrogen and oxygen atoms in total. The standard InChI is InChI=1S/C23H21Cl2FN4O5S/c1-34-20-5-4-18(26)9-21(20)36(32,33)29-23(31)27-7-6-15-12-35-13-16-10-28-30(22(15)16)11-14-2-3-17(24)8-19(14)25/h2-6,8-10H,7,11-13H2,1H3,(H2,27,29,31). The third kappa shape index (κ3) is 5.81. The SMILES string of the molecule is COc1ccc(F)cc1S(=O)(=O)NC(=O)NCC=C1COCc2cnn(Cc3ccc(Cl)cc3Cl)c21. The predicted molar refractivity (Wildman–Crippen MR) is 132 cm³/mol. The van der Waals surface area contributed by atoms with Gasteiger partial charge in [-0.15, -0.1) is 0 Å². The lowest BCUT2D eigenvalue weighted by atomic mass is 10.1. The first-order valence-electron chi connectivity index (χ1n) is 10.6. The van der Waals surface area contributed by atoms with Gasteiger partial charge in [0.2, 0.25) is 0 Å². The van der Waals surface area contributed by atoms with E-state index >= 15 is 0 Å². The third-order valence-electron chi connectivity index (χ3n) is 5.32. The largest absolute Gasteiger partial charge is 0.495 e. The molecule has 0 saturated carbocycles. The van der Waals surface area contributed by atoms with Crippen molar-refractivity contribution in [1.29, 1.82) is 0 Å². The molecule has 2 N–H and O–H groups in total. The number of carbonyl (C=O) groups is 1. The minimum atomic E-state index is -4.38. The maximum atomic E-state index is 13.6. The van der Waals surface area contributed by atoms with Gasteiger partial charge in [-0.25, -0.2) is 22.3 Å². The van der Waals surface area contributed by atoms with Crippen molar-refractivity contribution in [2.45, 2.75) is 18.0 Å². The summed E-state index contributed by atoms with van der Waals surface area (Å²) in [6, 6.07) is 7.21. The second kappa shape index (κ2) is 10.9. The summed E-state index contributed by atoms with van der Waals surface area (Å²) in [6.07, 6.45) is 3.40. The molecule has 1 aromatic heterocycles. The maximum Gasteiger partial charge on any atom is 0.328 e. The number of halogens is 3. The Labute approximate surface area is 216 Å². The number of hydrogen-bond acceptors (Lipinski definition) is 6. The van der Waals surface area contributed by atoms with Crippen LogP contribution in [0.25, 0.3) is 5.57 Å². The van der Waals surface area contributed by atoms with E-state index in [0.29, 0.717) is 23.2 Å². The average Bonchev–Trinajstić information content (AvgIpc) is 3.24. The number of aromatic nitrogens is 2. The quantitative estimate of drug-likeness (QED) is 0.456. The molecule has 4 rings (SSSR count). The number of methoxy groups -OCH3 is 1. The second-order valence-corrected chi connectivity index (χ2v) is 10.2. The number of sulfonamides is 1. The van der Waals surface area contributed by atoms with Gasteiger partial charge in [0.25, 0.3) is 10.0 Å². The molecule has 0 unspecified atom stereocenters. The highest BCUT2D eigenvalue weighted by Gasteiger charge is 2.24. The zero-order chi connectivity index (χ0) is 25.9. The van der Waals surface area contributed by atoms with E-state index in [1.165, 1.54) is 7.11 Å². The topological polar surface area (TPSA) is 112 Å². The molecule has 0 atom stereocenters. The second-order valence-electron chi connectivity index (χ2n) is 7.74. The first-order chi connectivity index (χ1) is 17.2. The fourth-order valence-corrected chi connectivity index (χ4v) is 5.25. The Morgan fingerprint density at radius 1 is 1.25 bits per heavy atom. The van der Waals surface area contributed by atoms with Gasteiger partial charge in [-0.1, -0.05) is 35.3 Å². The van der Waals surface area contributed by atoms with Crippen molar-refractivity contribution in [1.82, 2.24) is 19.8 Å². The van der Waals surface area contributed by atoms with Crippen LogP contribution in [-0.4, -0.2) is 44.5 Å². The molecular weight excluding hydrogens is 534 g/mol. The Kier molecular flexibility index (Phi) is 7.84. The van der Waals surface area contributed by atoms with Crippen LogP contribution in [0, 0.1) is 5.82 Å². The van der Waals surface area contributed by atoms with Crippen LogP contribution in [0.15, 0.2) is 53.6 Å². The van der Waals surface area contributed by atoms with Crippen LogP contribution in [0.1, 0.15) is 16.8 Å². The lowest BCUT2D eigenvalue weighted by Crippen LogP contribution is -2.39. The summed E-state index contributed by atoms with van der Waals surface area (Å²) in [4.78, 5) is 11.8. The van der Waals surface area contributed by atoms with E-state index in [0.717, 1.165) is 40.6 Å². The van der Waals surface area contributed by atoms with Crippen molar-refractivity contribution in [3.63, 3.8) is 0 Å². The molecule has 190 valence electrons. The predicted octanol–water partition coefficient (Wildman–Crippen LogP) is 3.99. The van der Waals surface area contributed by atoms with Crippen molar-refractivity contribution < 1.29 is 27.1 Å². The Balaban J connectivity index is 1.46. The summed E-state index contributed by atoms with van der Waals surface area (Å²) < 4.78 is 52.9. The van der Waals surface area contributed by atoms with E-state index in [9.17, 15) is 17.6 Å². The number of benzene rings is 2. The molecule has 2 heterocycles. The number of nitrogens with zero attached hydrogens (tertiary/aromatic N) is 2. The number of hydrogen-bond donors (Lipinski definition) is 2. The Morgan fingerprint density at radius 2 is 2.06 bits per heavy atom. The maximum absolute atomic E-state index is 13.6. The molecule has 0 saturated heterocycles. The highest BCUT2D eigenvalue weighted by molar-refractivity contribution is 7.90. The van der Waals surface area contributed by atoms with Crippen molar-refractivity contribution in [3.05, 3.63) is 81.4 Å². The van der Waals surface area contributed by atoms with Crippen LogP contribution in [0.5, 0.6) is 5.75 Å². The molecule has 0 bridgehead atoms. The van der Waals surface area contributed by atoms with Gasteiger partial charge in [-0.05, 0) is 35.9 Å². The van der Waals surface area contributed by atoms with Gasteiger partial charge < -0.3 is 14.8 Å². The van der Waals surface area contributed by atoms with E-state index in [1.807, 2.05) is 10.8 Å². The van der Waals surface area contributed by atoms with Gasteiger partial charge >= 0.3 is 6.03 Å². The zero-order valence-electron chi connectivity index (χ0n) is 18.9. The lowest BCUT2D eigenvalue weighted by Gasteiger charge is -2.19. The molecule has 1 aliphatic rings. The fourth-order valence-electron chi connectivity index (χ4n) is 3.67. The summed E-state index contributed by atoms with van der Waals surface area (Å²) in [7, 11) is -3.14. The number of nitrogens with one attached hydrogen (secondary N) is 2. The molecule has 36 heavy (non-hydrogen) atoms. The van der Waals surface area contributed by atoms with E-state index in [1.54, 1.807) is 29.1 Å². The van der Waals surface area contributed by atoms with E-state index < -0.39 is 26.8 Å². The Hall–Kier alpha value is -3.12.